The van der Waals surface area contributed by atoms with Crippen molar-refractivity contribution in [3.05, 3.63) is 35.4 Å². The second-order valence-corrected chi connectivity index (χ2v) is 4.32. The van der Waals surface area contributed by atoms with E-state index >= 15 is 0 Å². The van der Waals surface area contributed by atoms with Gasteiger partial charge in [-0.05, 0) is 35.8 Å². The summed E-state index contributed by atoms with van der Waals surface area (Å²) in [6, 6.07) is 8.77. The van der Waals surface area contributed by atoms with Crippen molar-refractivity contribution < 1.29 is 4.79 Å². The van der Waals surface area contributed by atoms with E-state index in [0.29, 0.717) is 5.92 Å². The minimum absolute atomic E-state index is 0.272. The third-order valence-electron chi connectivity index (χ3n) is 3.66. The van der Waals surface area contributed by atoms with Gasteiger partial charge in [0.2, 0.25) is 6.41 Å². The summed E-state index contributed by atoms with van der Waals surface area (Å²) in [7, 11) is 0. The Morgan fingerprint density at radius 1 is 1.21 bits per heavy atom. The molecule has 0 spiro atoms. The smallest absolute Gasteiger partial charge is 0.207 e. The van der Waals surface area contributed by atoms with Gasteiger partial charge in [0.1, 0.15) is 0 Å². The highest BCUT2D eigenvalue weighted by molar-refractivity contribution is 5.50. The number of hydrogen-bond donors (Lipinski definition) is 1. The summed E-state index contributed by atoms with van der Waals surface area (Å²) in [4.78, 5) is 10.5. The molecule has 0 saturated heterocycles. The number of benzene rings is 1. The molecule has 0 heterocycles. The number of hydrogen-bond acceptors (Lipinski definition) is 1. The van der Waals surface area contributed by atoms with E-state index in [1.54, 1.807) is 0 Å². The van der Waals surface area contributed by atoms with Crippen molar-refractivity contribution in [1.82, 2.24) is 5.32 Å². The van der Waals surface area contributed by atoms with E-state index in [2.05, 4.69) is 29.6 Å². The molecule has 3 aliphatic carbocycles. The van der Waals surface area contributed by atoms with Crippen LogP contribution < -0.4 is 5.32 Å². The molecule has 1 atom stereocenters. The predicted molar refractivity (Wildman–Crippen MR) is 53.8 cm³/mol. The number of carbonyl (C=O) groups is 1. The molecule has 1 unspecified atom stereocenters. The Morgan fingerprint density at radius 2 is 1.93 bits per heavy atom. The largest absolute Gasteiger partial charge is 0.352 e. The lowest BCUT2D eigenvalue weighted by molar-refractivity contribution is -0.111. The van der Waals surface area contributed by atoms with Gasteiger partial charge >= 0.3 is 0 Å². The van der Waals surface area contributed by atoms with Crippen molar-refractivity contribution in [3.63, 3.8) is 0 Å². The molecule has 1 amide bonds. The molecule has 2 bridgehead atoms. The minimum Gasteiger partial charge on any atom is -0.352 e. The SMILES string of the molecule is O=CNC1c2ccccc2C2CC1C2. The molecular weight excluding hydrogens is 174 g/mol. The highest BCUT2D eigenvalue weighted by Gasteiger charge is 2.43. The normalized spacial score (nSPS) is 32.7. The Bertz CT molecular complexity index is 368. The summed E-state index contributed by atoms with van der Waals surface area (Å²) in [6.07, 6.45) is 3.34. The standard InChI is InChI=1S/C12H13NO/c14-7-13-12-9-5-8(6-9)10-3-1-2-4-11(10)12/h1-4,7-9,12H,5-6H2,(H,13,14). The summed E-state index contributed by atoms with van der Waals surface area (Å²) < 4.78 is 0. The minimum atomic E-state index is 0.272. The van der Waals surface area contributed by atoms with Gasteiger partial charge in [0, 0.05) is 0 Å². The fourth-order valence-electron chi connectivity index (χ4n) is 2.91. The third kappa shape index (κ3) is 0.939. The Kier molecular flexibility index (Phi) is 1.63. The summed E-state index contributed by atoms with van der Waals surface area (Å²) >= 11 is 0. The van der Waals surface area contributed by atoms with Gasteiger partial charge < -0.3 is 5.32 Å². The molecule has 0 radical (unpaired) electrons. The first kappa shape index (κ1) is 8.04. The predicted octanol–water partition coefficient (Wildman–Crippen LogP) is 1.98. The molecular formula is C12H13NO. The van der Waals surface area contributed by atoms with Crippen LogP contribution in [0.3, 0.4) is 0 Å². The van der Waals surface area contributed by atoms with E-state index in [9.17, 15) is 4.79 Å². The van der Waals surface area contributed by atoms with E-state index in [0.717, 1.165) is 12.3 Å². The van der Waals surface area contributed by atoms with Gasteiger partial charge in [-0.15, -0.1) is 0 Å². The zero-order valence-corrected chi connectivity index (χ0v) is 7.94. The van der Waals surface area contributed by atoms with Crippen molar-refractivity contribution in [1.29, 1.82) is 0 Å². The average molecular weight is 187 g/mol. The molecule has 1 fully saturated rings. The van der Waals surface area contributed by atoms with Crippen LogP contribution in [0.1, 0.15) is 35.9 Å². The highest BCUT2D eigenvalue weighted by Crippen LogP contribution is 2.54. The first-order valence-corrected chi connectivity index (χ1v) is 5.18. The van der Waals surface area contributed by atoms with Crippen molar-refractivity contribution in [2.24, 2.45) is 5.92 Å². The van der Waals surface area contributed by atoms with E-state index < -0.39 is 0 Å². The van der Waals surface area contributed by atoms with Gasteiger partial charge in [-0.1, -0.05) is 24.3 Å². The van der Waals surface area contributed by atoms with Crippen molar-refractivity contribution in [3.8, 4) is 0 Å². The van der Waals surface area contributed by atoms with Crippen LogP contribution in [0, 0.1) is 5.92 Å². The molecule has 1 aromatic rings. The van der Waals surface area contributed by atoms with Crippen LogP contribution >= 0.6 is 0 Å². The van der Waals surface area contributed by atoms with Crippen LogP contribution in [0.2, 0.25) is 0 Å². The summed E-state index contributed by atoms with van der Waals surface area (Å²) in [5.41, 5.74) is 2.79. The Labute approximate surface area is 83.3 Å². The second kappa shape index (κ2) is 2.84. The van der Waals surface area contributed by atoms with E-state index in [4.69, 9.17) is 0 Å². The first-order chi connectivity index (χ1) is 6.90. The van der Waals surface area contributed by atoms with E-state index in [1.807, 2.05) is 0 Å². The Hall–Kier alpha value is -1.31. The van der Waals surface area contributed by atoms with Crippen LogP contribution in [0.5, 0.6) is 0 Å². The molecule has 1 N–H and O–H groups in total. The number of nitrogens with one attached hydrogen (secondary N) is 1. The lowest BCUT2D eigenvalue weighted by atomic mass is 9.60. The number of amides is 1. The maximum atomic E-state index is 10.5. The molecule has 4 rings (SSSR count). The van der Waals surface area contributed by atoms with Crippen LogP contribution in [-0.4, -0.2) is 6.41 Å². The van der Waals surface area contributed by atoms with Crippen molar-refractivity contribution in [2.45, 2.75) is 24.8 Å². The van der Waals surface area contributed by atoms with Crippen molar-refractivity contribution in [2.75, 3.05) is 0 Å². The number of rotatable bonds is 2. The molecule has 14 heavy (non-hydrogen) atoms. The fourth-order valence-corrected chi connectivity index (χ4v) is 2.91. The summed E-state index contributed by atoms with van der Waals surface area (Å²) in [5, 5.41) is 2.95. The average Bonchev–Trinajstić information content (AvgIpc) is 2.16. The van der Waals surface area contributed by atoms with E-state index in [-0.39, 0.29) is 6.04 Å². The third-order valence-corrected chi connectivity index (χ3v) is 3.66. The molecule has 0 aliphatic heterocycles. The topological polar surface area (TPSA) is 29.1 Å². The maximum Gasteiger partial charge on any atom is 0.207 e. The molecule has 1 aromatic carbocycles. The number of carbonyl (C=O) groups excluding carboxylic acids is 1. The lowest BCUT2D eigenvalue weighted by Gasteiger charge is -2.47. The lowest BCUT2D eigenvalue weighted by Crippen LogP contribution is -2.40. The van der Waals surface area contributed by atoms with Gasteiger partial charge in [-0.25, -0.2) is 0 Å². The van der Waals surface area contributed by atoms with Gasteiger partial charge in [0.05, 0.1) is 6.04 Å². The second-order valence-electron chi connectivity index (χ2n) is 4.32. The monoisotopic (exact) mass is 187 g/mol. The van der Waals surface area contributed by atoms with Gasteiger partial charge in [-0.3, -0.25) is 4.79 Å². The summed E-state index contributed by atoms with van der Waals surface area (Å²) in [5.74, 6) is 1.45. The Balaban J connectivity index is 2.05. The van der Waals surface area contributed by atoms with Crippen LogP contribution in [-0.2, 0) is 4.79 Å². The zero-order valence-electron chi connectivity index (χ0n) is 7.94. The van der Waals surface area contributed by atoms with Crippen LogP contribution in [0.4, 0.5) is 0 Å². The van der Waals surface area contributed by atoms with Crippen LogP contribution in [0.15, 0.2) is 24.3 Å². The molecule has 2 nitrogen and oxygen atoms in total. The quantitative estimate of drug-likeness (QED) is 0.705. The van der Waals surface area contributed by atoms with Crippen molar-refractivity contribution >= 4 is 6.41 Å². The van der Waals surface area contributed by atoms with Gasteiger partial charge in [0.15, 0.2) is 0 Å². The van der Waals surface area contributed by atoms with Gasteiger partial charge in [0.25, 0.3) is 0 Å². The molecule has 2 heteroatoms. The molecule has 1 saturated carbocycles. The summed E-state index contributed by atoms with van der Waals surface area (Å²) in [6.45, 7) is 0. The van der Waals surface area contributed by atoms with Crippen LogP contribution in [0.25, 0.3) is 0 Å². The molecule has 0 aromatic heterocycles. The maximum absolute atomic E-state index is 10.5. The highest BCUT2D eigenvalue weighted by atomic mass is 16.1. The first-order valence-electron chi connectivity index (χ1n) is 5.18. The Morgan fingerprint density at radius 3 is 2.64 bits per heavy atom. The zero-order chi connectivity index (χ0) is 9.54. The molecule has 3 aliphatic rings. The fraction of sp³-hybridized carbons (Fsp3) is 0.417. The van der Waals surface area contributed by atoms with Gasteiger partial charge in [-0.2, -0.15) is 0 Å². The molecule has 72 valence electrons. The van der Waals surface area contributed by atoms with E-state index in [1.165, 1.54) is 24.0 Å².